The second-order valence-electron chi connectivity index (χ2n) is 7.12. The highest BCUT2D eigenvalue weighted by atomic mass is 16.5. The maximum Gasteiger partial charge on any atom is 0.181 e. The molecular weight excluding hydrogens is 352 g/mol. The third-order valence-corrected chi connectivity index (χ3v) is 5.33. The quantitative estimate of drug-likeness (QED) is 0.686. The van der Waals surface area contributed by atoms with Gasteiger partial charge in [-0.1, -0.05) is 30.3 Å². The lowest BCUT2D eigenvalue weighted by Gasteiger charge is -2.34. The van der Waals surface area contributed by atoms with Gasteiger partial charge in [0, 0.05) is 36.8 Å². The molecule has 0 saturated carbocycles. The Labute approximate surface area is 165 Å². The first-order chi connectivity index (χ1) is 13.8. The summed E-state index contributed by atoms with van der Waals surface area (Å²) < 4.78 is 7.26. The van der Waals surface area contributed by atoms with E-state index in [1.807, 2.05) is 19.2 Å². The molecule has 0 radical (unpaired) electrons. The third-order valence-electron chi connectivity index (χ3n) is 5.33. The summed E-state index contributed by atoms with van der Waals surface area (Å²) in [7, 11) is 3.55. The Morgan fingerprint density at radius 3 is 2.82 bits per heavy atom. The second kappa shape index (κ2) is 8.50. The number of ether oxygens (including phenoxy) is 1. The largest absolute Gasteiger partial charge is 0.496 e. The van der Waals surface area contributed by atoms with E-state index >= 15 is 0 Å². The lowest BCUT2D eigenvalue weighted by molar-refractivity contribution is 0.303. The van der Waals surface area contributed by atoms with Crippen LogP contribution in [0.15, 0.2) is 48.5 Å². The van der Waals surface area contributed by atoms with Gasteiger partial charge in [0.2, 0.25) is 0 Å². The molecule has 7 nitrogen and oxygen atoms in total. The molecule has 1 aromatic heterocycles. The number of rotatable bonds is 6. The van der Waals surface area contributed by atoms with E-state index < -0.39 is 0 Å². The number of piperidine rings is 1. The fraction of sp³-hybridized carbons (Fsp3) is 0.381. The Balaban J connectivity index is 1.54. The average molecular weight is 378 g/mol. The van der Waals surface area contributed by atoms with Crippen LogP contribution in [0.2, 0.25) is 0 Å². The van der Waals surface area contributed by atoms with E-state index in [-0.39, 0.29) is 0 Å². The van der Waals surface area contributed by atoms with Crippen molar-refractivity contribution in [1.82, 2.24) is 30.8 Å². The number of aryl methyl sites for hydroxylation is 1. The van der Waals surface area contributed by atoms with E-state index in [0.29, 0.717) is 12.1 Å². The number of tetrazole rings is 1. The van der Waals surface area contributed by atoms with Crippen molar-refractivity contribution in [3.63, 3.8) is 0 Å². The van der Waals surface area contributed by atoms with Crippen LogP contribution in [0.5, 0.6) is 5.75 Å². The molecule has 0 bridgehead atoms. The summed E-state index contributed by atoms with van der Waals surface area (Å²) in [6.45, 7) is 1.77. The molecule has 2 atom stereocenters. The van der Waals surface area contributed by atoms with E-state index in [1.165, 1.54) is 12.0 Å². The molecule has 2 N–H and O–H groups in total. The normalized spacial score (nSPS) is 19.5. The summed E-state index contributed by atoms with van der Waals surface area (Å²) >= 11 is 0. The van der Waals surface area contributed by atoms with Gasteiger partial charge in [0.1, 0.15) is 5.75 Å². The van der Waals surface area contributed by atoms with Gasteiger partial charge in [-0.15, -0.1) is 5.10 Å². The van der Waals surface area contributed by atoms with Gasteiger partial charge in [0.05, 0.1) is 7.11 Å². The molecule has 0 aliphatic carbocycles. The van der Waals surface area contributed by atoms with E-state index in [4.69, 9.17) is 4.74 Å². The molecule has 2 aromatic carbocycles. The third kappa shape index (κ3) is 3.90. The smallest absolute Gasteiger partial charge is 0.181 e. The number of benzene rings is 2. The SMILES string of the molecule is COc1ccc(-c2nnnn2C)cc1CN[C@H]1CCCN[C@H]1c1ccccc1. The van der Waals surface area contributed by atoms with Crippen molar-refractivity contribution in [1.29, 1.82) is 0 Å². The van der Waals surface area contributed by atoms with Crippen LogP contribution in [0.3, 0.4) is 0 Å². The van der Waals surface area contributed by atoms with Gasteiger partial charge in [0.25, 0.3) is 0 Å². The molecule has 0 spiro atoms. The first-order valence-corrected chi connectivity index (χ1v) is 9.67. The van der Waals surface area contributed by atoms with Crippen molar-refractivity contribution >= 4 is 0 Å². The van der Waals surface area contributed by atoms with Crippen molar-refractivity contribution in [2.75, 3.05) is 13.7 Å². The molecule has 0 amide bonds. The zero-order valence-electron chi connectivity index (χ0n) is 16.3. The predicted octanol–water partition coefficient (Wildman–Crippen LogP) is 2.47. The van der Waals surface area contributed by atoms with Crippen LogP contribution in [-0.4, -0.2) is 39.9 Å². The predicted molar refractivity (Wildman–Crippen MR) is 108 cm³/mol. The van der Waals surface area contributed by atoms with Crippen molar-refractivity contribution in [3.8, 4) is 17.1 Å². The number of nitrogens with zero attached hydrogens (tertiary/aromatic N) is 4. The minimum Gasteiger partial charge on any atom is -0.496 e. The molecule has 7 heteroatoms. The number of hydrogen-bond donors (Lipinski definition) is 2. The van der Waals surface area contributed by atoms with Crippen molar-refractivity contribution in [3.05, 3.63) is 59.7 Å². The van der Waals surface area contributed by atoms with Gasteiger partial charge in [-0.05, 0) is 53.6 Å². The van der Waals surface area contributed by atoms with Crippen LogP contribution in [0.25, 0.3) is 11.4 Å². The summed E-state index contributed by atoms with van der Waals surface area (Å²) in [4.78, 5) is 0. The Morgan fingerprint density at radius 1 is 1.21 bits per heavy atom. The summed E-state index contributed by atoms with van der Waals surface area (Å²) in [5.74, 6) is 1.61. The highest BCUT2D eigenvalue weighted by Gasteiger charge is 2.25. The summed E-state index contributed by atoms with van der Waals surface area (Å²) in [5.41, 5.74) is 3.40. The average Bonchev–Trinajstić information content (AvgIpc) is 3.18. The van der Waals surface area contributed by atoms with Crippen LogP contribution in [0, 0.1) is 0 Å². The molecule has 1 aliphatic heterocycles. The summed E-state index contributed by atoms with van der Waals surface area (Å²) in [6, 6.07) is 17.4. The molecule has 146 valence electrons. The number of methoxy groups -OCH3 is 1. The number of aromatic nitrogens is 4. The van der Waals surface area contributed by atoms with Crippen molar-refractivity contribution in [2.24, 2.45) is 7.05 Å². The fourth-order valence-corrected chi connectivity index (χ4v) is 3.89. The first kappa shape index (κ1) is 18.6. The Kier molecular flexibility index (Phi) is 5.64. The second-order valence-corrected chi connectivity index (χ2v) is 7.12. The van der Waals surface area contributed by atoms with E-state index in [0.717, 1.165) is 42.2 Å². The van der Waals surface area contributed by atoms with Crippen LogP contribution < -0.4 is 15.4 Å². The highest BCUT2D eigenvalue weighted by molar-refractivity contribution is 5.58. The lowest BCUT2D eigenvalue weighted by atomic mass is 9.92. The van der Waals surface area contributed by atoms with Gasteiger partial charge >= 0.3 is 0 Å². The maximum absolute atomic E-state index is 5.59. The molecule has 1 saturated heterocycles. The molecule has 1 aliphatic rings. The van der Waals surface area contributed by atoms with E-state index in [2.05, 4.69) is 62.6 Å². The number of hydrogen-bond acceptors (Lipinski definition) is 6. The Morgan fingerprint density at radius 2 is 2.07 bits per heavy atom. The van der Waals surface area contributed by atoms with E-state index in [1.54, 1.807) is 11.8 Å². The minimum absolute atomic E-state index is 0.312. The standard InChI is InChI=1S/C21H26N6O/c1-27-21(24-25-26-27)16-10-11-19(28-2)17(13-16)14-23-18-9-6-12-22-20(18)15-7-4-3-5-8-15/h3-5,7-8,10-11,13,18,20,22-23H,6,9,12,14H2,1-2H3/t18-,20-/m0/s1. The monoisotopic (exact) mass is 378 g/mol. The van der Waals surface area contributed by atoms with Gasteiger partial charge in [0.15, 0.2) is 5.82 Å². The molecule has 0 unspecified atom stereocenters. The topological polar surface area (TPSA) is 76.9 Å². The van der Waals surface area contributed by atoms with Gasteiger partial charge in [-0.2, -0.15) is 0 Å². The summed E-state index contributed by atoms with van der Waals surface area (Å²) in [6.07, 6.45) is 2.31. The molecule has 4 rings (SSSR count). The van der Waals surface area contributed by atoms with Gasteiger partial charge < -0.3 is 15.4 Å². The molecular formula is C21H26N6O. The Bertz CT molecular complexity index is 910. The molecule has 2 heterocycles. The lowest BCUT2D eigenvalue weighted by Crippen LogP contribution is -2.45. The number of nitrogens with one attached hydrogen (secondary N) is 2. The van der Waals surface area contributed by atoms with Crippen LogP contribution in [0.4, 0.5) is 0 Å². The van der Waals surface area contributed by atoms with Crippen molar-refractivity contribution < 1.29 is 4.74 Å². The molecule has 28 heavy (non-hydrogen) atoms. The fourth-order valence-electron chi connectivity index (χ4n) is 3.89. The maximum atomic E-state index is 5.59. The Hall–Kier alpha value is -2.77. The van der Waals surface area contributed by atoms with Crippen molar-refractivity contribution in [2.45, 2.75) is 31.5 Å². The zero-order chi connectivity index (χ0) is 19.3. The van der Waals surface area contributed by atoms with Crippen LogP contribution in [-0.2, 0) is 13.6 Å². The van der Waals surface area contributed by atoms with Crippen LogP contribution >= 0.6 is 0 Å². The summed E-state index contributed by atoms with van der Waals surface area (Å²) in [5, 5.41) is 19.2. The van der Waals surface area contributed by atoms with Gasteiger partial charge in [-0.25, -0.2) is 4.68 Å². The van der Waals surface area contributed by atoms with Crippen LogP contribution in [0.1, 0.15) is 30.0 Å². The highest BCUT2D eigenvalue weighted by Crippen LogP contribution is 2.27. The minimum atomic E-state index is 0.312. The zero-order valence-corrected chi connectivity index (χ0v) is 16.3. The molecule has 1 fully saturated rings. The van der Waals surface area contributed by atoms with E-state index in [9.17, 15) is 0 Å². The van der Waals surface area contributed by atoms with Gasteiger partial charge in [-0.3, -0.25) is 0 Å². The first-order valence-electron chi connectivity index (χ1n) is 9.67. The molecule has 3 aromatic rings.